The van der Waals surface area contributed by atoms with Crippen molar-refractivity contribution in [3.05, 3.63) is 51.7 Å². The zero-order chi connectivity index (χ0) is 13.7. The van der Waals surface area contributed by atoms with E-state index < -0.39 is 0 Å². The van der Waals surface area contributed by atoms with Gasteiger partial charge in [0.05, 0.1) is 5.01 Å². The molecule has 4 heteroatoms. The number of nitrogens with one attached hydrogen (secondary N) is 1. The van der Waals surface area contributed by atoms with Crippen LogP contribution in [0.25, 0.3) is 0 Å². The highest BCUT2D eigenvalue weighted by Crippen LogP contribution is 2.22. The SMILES string of the molecule is CCCNC(Cc1nccs1)c1cc(C)cc(F)c1. The lowest BCUT2D eigenvalue weighted by atomic mass is 10.0. The first kappa shape index (κ1) is 14.2. The molecule has 0 aliphatic carbocycles. The monoisotopic (exact) mass is 278 g/mol. The highest BCUT2D eigenvalue weighted by molar-refractivity contribution is 7.09. The van der Waals surface area contributed by atoms with E-state index in [0.717, 1.165) is 35.5 Å². The lowest BCUT2D eigenvalue weighted by Gasteiger charge is -2.18. The standard InChI is InChI=1S/C15H19FN2S/c1-3-4-17-14(10-15-18-5-6-19-15)12-7-11(2)8-13(16)9-12/h5-9,14,17H,3-4,10H2,1-2H3. The summed E-state index contributed by atoms with van der Waals surface area (Å²) in [5, 5.41) is 6.53. The second-order valence-corrected chi connectivity index (χ2v) is 5.68. The van der Waals surface area contributed by atoms with Crippen LogP contribution in [0.3, 0.4) is 0 Å². The summed E-state index contributed by atoms with van der Waals surface area (Å²) >= 11 is 1.64. The molecule has 0 saturated carbocycles. The minimum Gasteiger partial charge on any atom is -0.310 e. The number of hydrogen-bond donors (Lipinski definition) is 1. The van der Waals surface area contributed by atoms with E-state index in [0.29, 0.717) is 0 Å². The second kappa shape index (κ2) is 6.78. The average Bonchev–Trinajstić information content (AvgIpc) is 2.86. The highest BCUT2D eigenvalue weighted by Gasteiger charge is 2.14. The van der Waals surface area contributed by atoms with Gasteiger partial charge in [-0.1, -0.05) is 13.0 Å². The molecule has 0 bridgehead atoms. The molecule has 2 rings (SSSR count). The molecule has 19 heavy (non-hydrogen) atoms. The Labute approximate surface area is 117 Å². The van der Waals surface area contributed by atoms with Gasteiger partial charge in [-0.25, -0.2) is 9.37 Å². The van der Waals surface area contributed by atoms with Crippen LogP contribution >= 0.6 is 11.3 Å². The van der Waals surface area contributed by atoms with Gasteiger partial charge in [-0.15, -0.1) is 11.3 Å². The quantitative estimate of drug-likeness (QED) is 0.867. The molecule has 0 radical (unpaired) electrons. The summed E-state index contributed by atoms with van der Waals surface area (Å²) in [5.41, 5.74) is 1.96. The Hall–Kier alpha value is -1.26. The normalized spacial score (nSPS) is 12.6. The fraction of sp³-hybridized carbons (Fsp3) is 0.400. The van der Waals surface area contributed by atoms with Crippen molar-refractivity contribution in [3.63, 3.8) is 0 Å². The largest absolute Gasteiger partial charge is 0.310 e. The third-order valence-corrected chi connectivity index (χ3v) is 3.77. The van der Waals surface area contributed by atoms with Gasteiger partial charge in [-0.2, -0.15) is 0 Å². The molecule has 1 heterocycles. The third kappa shape index (κ3) is 4.11. The van der Waals surface area contributed by atoms with E-state index in [-0.39, 0.29) is 11.9 Å². The molecule has 1 unspecified atom stereocenters. The number of thiazole rings is 1. The number of rotatable bonds is 6. The van der Waals surface area contributed by atoms with Crippen LogP contribution in [-0.2, 0) is 6.42 Å². The maximum absolute atomic E-state index is 13.5. The number of nitrogens with zero attached hydrogens (tertiary/aromatic N) is 1. The van der Waals surface area contributed by atoms with Crippen LogP contribution < -0.4 is 5.32 Å². The second-order valence-electron chi connectivity index (χ2n) is 4.70. The minimum absolute atomic E-state index is 0.125. The minimum atomic E-state index is -0.169. The van der Waals surface area contributed by atoms with E-state index in [4.69, 9.17) is 0 Å². The van der Waals surface area contributed by atoms with Gasteiger partial charge in [0.15, 0.2) is 0 Å². The lowest BCUT2D eigenvalue weighted by molar-refractivity contribution is 0.523. The average molecular weight is 278 g/mol. The highest BCUT2D eigenvalue weighted by atomic mass is 32.1. The Morgan fingerprint density at radius 3 is 2.84 bits per heavy atom. The molecule has 102 valence electrons. The number of aryl methyl sites for hydroxylation is 1. The van der Waals surface area contributed by atoms with E-state index in [2.05, 4.69) is 17.2 Å². The van der Waals surface area contributed by atoms with Crippen LogP contribution in [0.1, 0.15) is 35.5 Å². The summed E-state index contributed by atoms with van der Waals surface area (Å²) in [6.45, 7) is 4.97. The Morgan fingerprint density at radius 2 is 2.21 bits per heavy atom. The molecule has 1 aromatic carbocycles. The predicted octanol–water partition coefficient (Wildman–Crippen LogP) is 3.87. The summed E-state index contributed by atoms with van der Waals surface area (Å²) in [5.74, 6) is -0.169. The summed E-state index contributed by atoms with van der Waals surface area (Å²) < 4.78 is 13.5. The summed E-state index contributed by atoms with van der Waals surface area (Å²) in [6.07, 6.45) is 3.68. The third-order valence-electron chi connectivity index (χ3n) is 2.97. The molecule has 0 amide bonds. The van der Waals surface area contributed by atoms with Gasteiger partial charge in [0.2, 0.25) is 0 Å². The van der Waals surface area contributed by atoms with Crippen molar-refractivity contribution in [2.24, 2.45) is 0 Å². The Kier molecular flexibility index (Phi) is 5.05. The molecule has 2 nitrogen and oxygen atoms in total. The first-order valence-corrected chi connectivity index (χ1v) is 7.46. The molecule has 0 aliphatic heterocycles. The van der Waals surface area contributed by atoms with Crippen molar-refractivity contribution in [1.29, 1.82) is 0 Å². The summed E-state index contributed by atoms with van der Waals surface area (Å²) in [6, 6.07) is 5.35. The number of halogens is 1. The van der Waals surface area contributed by atoms with Gasteiger partial charge in [0, 0.05) is 24.0 Å². The molecule has 1 N–H and O–H groups in total. The molecular formula is C15H19FN2S. The van der Waals surface area contributed by atoms with Crippen molar-refractivity contribution in [2.45, 2.75) is 32.7 Å². The van der Waals surface area contributed by atoms with Gasteiger partial charge in [-0.3, -0.25) is 0 Å². The van der Waals surface area contributed by atoms with Crippen molar-refractivity contribution >= 4 is 11.3 Å². The fourth-order valence-corrected chi connectivity index (χ4v) is 2.78. The van der Waals surface area contributed by atoms with Gasteiger partial charge >= 0.3 is 0 Å². The molecule has 0 fully saturated rings. The summed E-state index contributed by atoms with van der Waals surface area (Å²) in [4.78, 5) is 4.32. The van der Waals surface area contributed by atoms with Gasteiger partial charge in [-0.05, 0) is 43.1 Å². The topological polar surface area (TPSA) is 24.9 Å². The van der Waals surface area contributed by atoms with Crippen molar-refractivity contribution in [2.75, 3.05) is 6.54 Å². The van der Waals surface area contributed by atoms with Crippen molar-refractivity contribution in [1.82, 2.24) is 10.3 Å². The van der Waals surface area contributed by atoms with Crippen LogP contribution in [0.5, 0.6) is 0 Å². The Morgan fingerprint density at radius 1 is 1.37 bits per heavy atom. The van der Waals surface area contributed by atoms with E-state index in [1.807, 2.05) is 24.6 Å². The molecule has 0 saturated heterocycles. The maximum atomic E-state index is 13.5. The van der Waals surface area contributed by atoms with E-state index >= 15 is 0 Å². The van der Waals surface area contributed by atoms with Gasteiger partial charge < -0.3 is 5.32 Å². The molecule has 0 spiro atoms. The number of aromatic nitrogens is 1. The molecule has 0 aliphatic rings. The fourth-order valence-electron chi connectivity index (χ4n) is 2.12. The van der Waals surface area contributed by atoms with Crippen LogP contribution in [-0.4, -0.2) is 11.5 Å². The van der Waals surface area contributed by atoms with E-state index in [1.54, 1.807) is 23.5 Å². The van der Waals surface area contributed by atoms with Crippen molar-refractivity contribution < 1.29 is 4.39 Å². The molecule has 2 aromatic rings. The zero-order valence-corrected chi connectivity index (χ0v) is 12.1. The smallest absolute Gasteiger partial charge is 0.123 e. The van der Waals surface area contributed by atoms with E-state index in [1.165, 1.54) is 0 Å². The molecule has 1 atom stereocenters. The molecule has 1 aromatic heterocycles. The van der Waals surface area contributed by atoms with Crippen LogP contribution in [0, 0.1) is 12.7 Å². The van der Waals surface area contributed by atoms with Crippen molar-refractivity contribution in [3.8, 4) is 0 Å². The maximum Gasteiger partial charge on any atom is 0.123 e. The Bertz CT molecular complexity index is 491. The first-order chi connectivity index (χ1) is 9.19. The number of benzene rings is 1. The van der Waals surface area contributed by atoms with Gasteiger partial charge in [0.1, 0.15) is 5.82 Å². The van der Waals surface area contributed by atoms with E-state index in [9.17, 15) is 4.39 Å². The lowest BCUT2D eigenvalue weighted by Crippen LogP contribution is -2.24. The molecular weight excluding hydrogens is 259 g/mol. The predicted molar refractivity (Wildman–Crippen MR) is 78.0 cm³/mol. The van der Waals surface area contributed by atoms with Crippen LogP contribution in [0.15, 0.2) is 29.8 Å². The van der Waals surface area contributed by atoms with Crippen LogP contribution in [0.4, 0.5) is 4.39 Å². The number of hydrogen-bond acceptors (Lipinski definition) is 3. The first-order valence-electron chi connectivity index (χ1n) is 6.58. The van der Waals surface area contributed by atoms with Gasteiger partial charge in [0.25, 0.3) is 0 Å². The van der Waals surface area contributed by atoms with Crippen LogP contribution in [0.2, 0.25) is 0 Å². The zero-order valence-electron chi connectivity index (χ0n) is 11.3. The Balaban J connectivity index is 2.20. The summed E-state index contributed by atoms with van der Waals surface area (Å²) in [7, 11) is 0.